The maximum atomic E-state index is 13.3. The number of aryl methyl sites for hydroxylation is 2. The number of nitrogens with one attached hydrogen (secondary N) is 2. The van der Waals surface area contributed by atoms with Crippen LogP contribution in [0.25, 0.3) is 11.6 Å². The molecule has 0 radical (unpaired) electrons. The van der Waals surface area contributed by atoms with Crippen molar-refractivity contribution < 1.29 is 41.8 Å². The first-order valence-corrected chi connectivity index (χ1v) is 17.5. The Bertz CT molecular complexity index is 1940. The van der Waals surface area contributed by atoms with Crippen LogP contribution in [-0.4, -0.2) is 76.6 Å². The third kappa shape index (κ3) is 13.9. The zero-order chi connectivity index (χ0) is 40.2. The van der Waals surface area contributed by atoms with Crippen LogP contribution in [0.1, 0.15) is 80.8 Å². The van der Waals surface area contributed by atoms with Gasteiger partial charge in [-0.3, -0.25) is 4.79 Å². The largest absolute Gasteiger partial charge is 0.445 e. The van der Waals surface area contributed by atoms with Crippen molar-refractivity contribution in [2.45, 2.75) is 109 Å². The minimum absolute atomic E-state index is 0.0114. The van der Waals surface area contributed by atoms with Crippen LogP contribution in [0.4, 0.5) is 34.0 Å². The van der Waals surface area contributed by atoms with Gasteiger partial charge in [0.15, 0.2) is 11.6 Å². The summed E-state index contributed by atoms with van der Waals surface area (Å²) in [5, 5.41) is 24.5. The van der Waals surface area contributed by atoms with Gasteiger partial charge in [-0.25, -0.2) is 46.5 Å². The predicted molar refractivity (Wildman–Crippen MR) is 193 cm³/mol. The molecule has 4 aromatic rings. The highest BCUT2D eigenvalue weighted by Crippen LogP contribution is 2.35. The van der Waals surface area contributed by atoms with Crippen molar-refractivity contribution in [2.75, 3.05) is 10.6 Å². The van der Waals surface area contributed by atoms with E-state index in [1.165, 1.54) is 6.92 Å². The van der Waals surface area contributed by atoms with Crippen molar-refractivity contribution in [3.8, 4) is 11.6 Å². The lowest BCUT2D eigenvalue weighted by Crippen LogP contribution is -2.32. The molecule has 55 heavy (non-hydrogen) atoms. The number of alkyl halides is 4. The monoisotopic (exact) mass is 772 g/mol. The molecule has 2 saturated carbocycles. The van der Waals surface area contributed by atoms with Crippen molar-refractivity contribution in [2.24, 2.45) is 10.7 Å². The Balaban J connectivity index is 0.000000214. The number of anilines is 2. The maximum Gasteiger partial charge on any atom is 0.404 e. The molecule has 0 atom stereocenters. The van der Waals surface area contributed by atoms with E-state index in [1.807, 2.05) is 26.0 Å². The summed E-state index contributed by atoms with van der Waals surface area (Å²) >= 11 is 0. The Morgan fingerprint density at radius 1 is 0.855 bits per heavy atom. The Morgan fingerprint density at radius 3 is 1.64 bits per heavy atom. The second kappa shape index (κ2) is 19.1. The van der Waals surface area contributed by atoms with Gasteiger partial charge in [0, 0.05) is 57.1 Å². The fourth-order valence-corrected chi connectivity index (χ4v) is 5.79. The first-order valence-electron chi connectivity index (χ1n) is 17.5. The number of aliphatic hydroxyl groups excluding tert-OH is 1. The second-order valence-corrected chi connectivity index (χ2v) is 13.3. The fourth-order valence-electron chi connectivity index (χ4n) is 5.79. The first kappa shape index (κ1) is 42.1. The number of aromatic nitrogens is 6. The fraction of sp³-hybridized carbons (Fsp3) is 0.472. The van der Waals surface area contributed by atoms with E-state index in [9.17, 15) is 32.3 Å². The lowest BCUT2D eigenvalue weighted by atomic mass is 9.92. The lowest BCUT2D eigenvalue weighted by Gasteiger charge is -2.29. The number of ether oxygens (including phenoxy) is 1. The molecule has 0 bridgehead atoms. The maximum absolute atomic E-state index is 13.3. The average Bonchev–Trinajstić information content (AvgIpc) is 3.77. The number of rotatable bonds is 9. The number of isocyanates is 1. The molecule has 19 heteroatoms. The van der Waals surface area contributed by atoms with E-state index in [1.54, 1.807) is 46.0 Å². The number of nitrogens with zero attached hydrogens (tertiary/aromatic N) is 7. The smallest absolute Gasteiger partial charge is 0.404 e. The van der Waals surface area contributed by atoms with Gasteiger partial charge in [-0.1, -0.05) is 0 Å². The van der Waals surface area contributed by atoms with Crippen LogP contribution >= 0.6 is 0 Å². The number of aliphatic imine (C=N–C) groups is 1. The second-order valence-electron chi connectivity index (χ2n) is 13.3. The standard InChI is InChI=1S/C17H21F2N5O2.C16H20F2N4O.C3H3NO2/c1-11-4-7-24(23-11)15-9-12(10-26-16(20)25)8-14(22-15)21-13-2-5-17(18,19)6-3-13;1-11-4-7-22(21-11)15-9-12(10-23)8-14(20-15)19-13-2-5-16(17,18)6-3-13;1-3(6)4-2-5/h4,7-9,13H,2-3,5-6,10H2,1H3,(H2,20,25)(H,21,22);4,7-9,13,23H,2-3,5-6,10H2,1H3,(H,19,20);1H3. The van der Waals surface area contributed by atoms with Gasteiger partial charge in [0.2, 0.25) is 17.9 Å². The molecule has 4 aromatic heterocycles. The Hall–Kier alpha value is -5.68. The van der Waals surface area contributed by atoms with E-state index in [0.29, 0.717) is 60.1 Å². The van der Waals surface area contributed by atoms with Crippen LogP contribution in [0.2, 0.25) is 0 Å². The molecule has 296 valence electrons. The molecule has 6 rings (SSSR count). The summed E-state index contributed by atoms with van der Waals surface area (Å²) < 4.78 is 61.2. The van der Waals surface area contributed by atoms with Crippen LogP contribution in [0.15, 0.2) is 53.8 Å². The van der Waals surface area contributed by atoms with E-state index in [2.05, 4.69) is 35.8 Å². The predicted octanol–water partition coefficient (Wildman–Crippen LogP) is 6.09. The third-order valence-electron chi connectivity index (χ3n) is 8.56. The van der Waals surface area contributed by atoms with Crippen LogP contribution in [0, 0.1) is 13.8 Å². The molecular formula is C36H44F4N10O5. The summed E-state index contributed by atoms with van der Waals surface area (Å²) in [5.74, 6) is -3.41. The number of carbonyl (C=O) groups excluding carboxylic acids is 3. The first-order chi connectivity index (χ1) is 26.0. The highest BCUT2D eigenvalue weighted by molar-refractivity contribution is 5.78. The van der Waals surface area contributed by atoms with Crippen molar-refractivity contribution in [1.29, 1.82) is 0 Å². The number of amides is 2. The van der Waals surface area contributed by atoms with Gasteiger partial charge in [-0.2, -0.15) is 10.2 Å². The van der Waals surface area contributed by atoms with Gasteiger partial charge < -0.3 is 26.2 Å². The molecule has 0 aromatic carbocycles. The summed E-state index contributed by atoms with van der Waals surface area (Å²) in [4.78, 5) is 41.3. The number of hydrogen-bond acceptors (Lipinski definition) is 11. The Kier molecular flexibility index (Phi) is 14.6. The zero-order valence-electron chi connectivity index (χ0n) is 30.6. The van der Waals surface area contributed by atoms with E-state index >= 15 is 0 Å². The number of nitrogens with two attached hydrogens (primary N) is 1. The normalized spacial score (nSPS) is 16.3. The van der Waals surface area contributed by atoms with Gasteiger partial charge >= 0.3 is 6.09 Å². The molecule has 4 heterocycles. The molecule has 0 unspecified atom stereocenters. The number of carbonyl (C=O) groups is 2. The molecule has 5 N–H and O–H groups in total. The molecular weight excluding hydrogens is 728 g/mol. The van der Waals surface area contributed by atoms with E-state index in [0.717, 1.165) is 17.5 Å². The van der Waals surface area contributed by atoms with Crippen LogP contribution < -0.4 is 16.4 Å². The summed E-state index contributed by atoms with van der Waals surface area (Å²) in [6.45, 7) is 4.80. The summed E-state index contributed by atoms with van der Waals surface area (Å²) in [6.07, 6.45) is 4.86. The molecule has 2 aliphatic carbocycles. The molecule has 0 aliphatic heterocycles. The van der Waals surface area contributed by atoms with E-state index in [-0.39, 0.29) is 51.0 Å². The molecule has 2 aliphatic rings. The Labute approximate surface area is 314 Å². The van der Waals surface area contributed by atoms with Crippen molar-refractivity contribution in [3.05, 3.63) is 71.3 Å². The summed E-state index contributed by atoms with van der Waals surface area (Å²) in [6, 6.07) is 10.5. The third-order valence-corrected chi connectivity index (χ3v) is 8.56. The van der Waals surface area contributed by atoms with Gasteiger partial charge in [0.1, 0.15) is 18.2 Å². The van der Waals surface area contributed by atoms with E-state index in [4.69, 9.17) is 15.3 Å². The topological polar surface area (TPSA) is 205 Å². The molecule has 2 amide bonds. The number of primary amides is 1. The molecule has 0 spiro atoms. The van der Waals surface area contributed by atoms with E-state index < -0.39 is 23.8 Å². The van der Waals surface area contributed by atoms with Crippen molar-refractivity contribution >= 4 is 29.7 Å². The van der Waals surface area contributed by atoms with Crippen LogP contribution in [0.3, 0.4) is 0 Å². The minimum atomic E-state index is -2.58. The molecule has 0 saturated heterocycles. The highest BCUT2D eigenvalue weighted by Gasteiger charge is 2.36. The quantitative estimate of drug-likeness (QED) is 0.0871. The lowest BCUT2D eigenvalue weighted by molar-refractivity contribution is -0.115. The average molecular weight is 773 g/mol. The number of hydrogen-bond donors (Lipinski definition) is 4. The number of aliphatic hydroxyl groups is 1. The Morgan fingerprint density at radius 2 is 1.29 bits per heavy atom. The van der Waals surface area contributed by atoms with Gasteiger partial charge in [0.05, 0.1) is 18.0 Å². The van der Waals surface area contributed by atoms with Gasteiger partial charge in [0.25, 0.3) is 5.91 Å². The SMILES string of the molecule is CC(=O)N=C=O.Cc1ccn(-c2cc(CO)cc(NC3CCC(F)(F)CC3)n2)n1.Cc1ccn(-c2cc(COC(N)=O)cc(NC3CCC(F)(F)CC3)n2)n1. The summed E-state index contributed by atoms with van der Waals surface area (Å²) in [5.41, 5.74) is 8.09. The van der Waals surface area contributed by atoms with Gasteiger partial charge in [-0.15, -0.1) is 4.99 Å². The number of pyridine rings is 2. The molecule has 2 fully saturated rings. The van der Waals surface area contributed by atoms with Crippen LogP contribution in [0.5, 0.6) is 0 Å². The highest BCUT2D eigenvalue weighted by atomic mass is 19.3. The van der Waals surface area contributed by atoms with Crippen LogP contribution in [-0.2, 0) is 27.5 Å². The minimum Gasteiger partial charge on any atom is -0.445 e. The van der Waals surface area contributed by atoms with Crippen molar-refractivity contribution in [3.63, 3.8) is 0 Å². The molecule has 15 nitrogen and oxygen atoms in total. The number of halogens is 4. The summed E-state index contributed by atoms with van der Waals surface area (Å²) in [7, 11) is 0. The van der Waals surface area contributed by atoms with Gasteiger partial charge in [-0.05, 0) is 87.1 Å². The zero-order valence-corrected chi connectivity index (χ0v) is 30.6. The van der Waals surface area contributed by atoms with Crippen molar-refractivity contribution in [1.82, 2.24) is 29.5 Å².